The zero-order valence-corrected chi connectivity index (χ0v) is 44.8. The Morgan fingerprint density at radius 3 is 1.38 bits per heavy atom. The first-order valence-corrected chi connectivity index (χ1v) is 25.3. The summed E-state index contributed by atoms with van der Waals surface area (Å²) in [6.07, 6.45) is -4.63. The minimum absolute atomic E-state index is 0.0492. The van der Waals surface area contributed by atoms with E-state index in [0.29, 0.717) is 11.5 Å². The maximum absolute atomic E-state index is 13.3. The van der Waals surface area contributed by atoms with Crippen LogP contribution in [0.2, 0.25) is 0 Å². The Morgan fingerprint density at radius 2 is 0.975 bits per heavy atom. The van der Waals surface area contributed by atoms with E-state index in [-0.39, 0.29) is 24.1 Å². The van der Waals surface area contributed by atoms with E-state index < -0.39 is 114 Å². The number of aliphatic hydroxyl groups excluding tert-OH is 5. The largest absolute Gasteiger partial charge is 0.497 e. The summed E-state index contributed by atoms with van der Waals surface area (Å²) in [4.78, 5) is 48.5. The minimum atomic E-state index is -1.83. The van der Waals surface area contributed by atoms with Gasteiger partial charge in [0.15, 0.2) is 24.5 Å². The summed E-state index contributed by atoms with van der Waals surface area (Å²) >= 11 is 0. The van der Waals surface area contributed by atoms with Gasteiger partial charge in [-0.15, -0.1) is 0 Å². The van der Waals surface area contributed by atoms with Gasteiger partial charge in [0.25, 0.3) is 0 Å². The first-order valence-electron chi connectivity index (χ1n) is 25.3. The molecule has 0 aliphatic carbocycles. The quantitative estimate of drug-likeness (QED) is 0.0687. The predicted octanol–water partition coefficient (Wildman–Crippen LogP) is 0.119. The van der Waals surface area contributed by atoms with E-state index in [4.69, 9.17) is 49.7 Å². The molecule has 3 aromatic heterocycles. The number of hydrogen-bond acceptors (Lipinski definition) is 23. The Labute approximate surface area is 457 Å². The molecule has 3 aromatic carbocycles. The van der Waals surface area contributed by atoms with Gasteiger partial charge in [0.2, 0.25) is 0 Å². The normalized spacial score (nSPS) is 29.4. The molecule has 7 heterocycles. The SMILES string of the molecule is CC1(C)OC2[C@@H](CO)O[C@@H](n3ccc(N)nc3=O)[C@@]2(C)O1.COc1ccc(C(Nc2ccn([C@@H]3O[C@H](CO)C(O)[C@]3(C)O)c(=O)n2)(c2ccccc2)c2ccc(OC)cc2)cc1.C[C@]1(O)C(O)[C@@H](CO)O[C@H]1n1ccc(N)nc1=O. The average Bonchev–Trinajstić information content (AvgIpc) is 4.09. The van der Waals surface area contributed by atoms with Gasteiger partial charge < -0.3 is 85.7 Å². The lowest BCUT2D eigenvalue weighted by molar-refractivity contribution is -0.218. The van der Waals surface area contributed by atoms with E-state index in [9.17, 15) is 45.0 Å². The number of hydrogen-bond donors (Lipinski definition) is 10. The van der Waals surface area contributed by atoms with Crippen LogP contribution in [0.25, 0.3) is 0 Å². The van der Waals surface area contributed by atoms with E-state index in [1.54, 1.807) is 41.1 Å². The molecule has 0 bridgehead atoms. The molecule has 4 aliphatic heterocycles. The van der Waals surface area contributed by atoms with Gasteiger partial charge in [-0.3, -0.25) is 13.7 Å². The number of nitrogen functional groups attached to an aromatic ring is 2. The molecule has 26 nitrogen and oxygen atoms in total. The van der Waals surface area contributed by atoms with Crippen molar-refractivity contribution < 1.29 is 68.9 Å². The fraction of sp³-hybridized carbons (Fsp3) is 0.444. The molecule has 0 amide bonds. The number of ether oxygens (including phenoxy) is 7. The average molecular weight is 1110 g/mol. The van der Waals surface area contributed by atoms with Crippen LogP contribution in [0.5, 0.6) is 11.5 Å². The molecule has 4 fully saturated rings. The molecule has 12 N–H and O–H groups in total. The summed E-state index contributed by atoms with van der Waals surface area (Å²) in [7, 11) is 3.21. The van der Waals surface area contributed by atoms with E-state index >= 15 is 0 Å². The van der Waals surface area contributed by atoms with Gasteiger partial charge in [0.1, 0.15) is 87.9 Å². The lowest BCUT2D eigenvalue weighted by Gasteiger charge is -2.37. The molecule has 0 radical (unpaired) electrons. The van der Waals surface area contributed by atoms with Gasteiger partial charge in [-0.1, -0.05) is 54.6 Å². The van der Waals surface area contributed by atoms with Crippen molar-refractivity contribution in [3.63, 3.8) is 0 Å². The predicted molar refractivity (Wildman–Crippen MR) is 285 cm³/mol. The van der Waals surface area contributed by atoms with Gasteiger partial charge in [-0.05, 0) is 93.8 Å². The molecule has 26 heteroatoms. The van der Waals surface area contributed by atoms with Gasteiger partial charge in [0, 0.05) is 18.6 Å². The van der Waals surface area contributed by atoms with E-state index in [1.165, 1.54) is 49.1 Å². The van der Waals surface area contributed by atoms with Crippen LogP contribution in [-0.4, -0.2) is 158 Å². The molecule has 3 unspecified atom stereocenters. The summed E-state index contributed by atoms with van der Waals surface area (Å²) in [5.41, 5.74) is 6.07. The highest BCUT2D eigenvalue weighted by Crippen LogP contribution is 2.50. The van der Waals surface area contributed by atoms with Crippen molar-refractivity contribution in [2.45, 2.75) is 118 Å². The highest BCUT2D eigenvalue weighted by Gasteiger charge is 2.64. The third-order valence-electron chi connectivity index (χ3n) is 14.5. The van der Waals surface area contributed by atoms with Crippen LogP contribution < -0.4 is 43.3 Å². The first kappa shape index (κ1) is 59.0. The molecule has 0 spiro atoms. The highest BCUT2D eigenvalue weighted by molar-refractivity contribution is 5.59. The number of benzene rings is 3. The summed E-state index contributed by atoms with van der Waals surface area (Å²) in [5.74, 6) is 1.02. The second-order valence-corrected chi connectivity index (χ2v) is 20.5. The second kappa shape index (κ2) is 23.1. The van der Waals surface area contributed by atoms with Crippen molar-refractivity contribution in [3.8, 4) is 11.5 Å². The van der Waals surface area contributed by atoms with Gasteiger partial charge in [-0.25, -0.2) is 14.4 Å². The van der Waals surface area contributed by atoms with E-state index in [2.05, 4.69) is 20.3 Å². The molecule has 10 rings (SSSR count). The van der Waals surface area contributed by atoms with Crippen molar-refractivity contribution in [2.24, 2.45) is 0 Å². The Balaban J connectivity index is 0.000000179. The highest BCUT2D eigenvalue weighted by atomic mass is 16.8. The van der Waals surface area contributed by atoms with Gasteiger partial charge >= 0.3 is 17.1 Å². The lowest BCUT2D eigenvalue weighted by atomic mass is 9.77. The molecule has 4 aliphatic rings. The number of fused-ring (bicyclic) bond motifs is 1. The van der Waals surface area contributed by atoms with E-state index in [0.717, 1.165) is 25.8 Å². The maximum Gasteiger partial charge on any atom is 0.351 e. The number of nitrogens with one attached hydrogen (secondary N) is 1. The van der Waals surface area contributed by atoms with E-state index in [1.807, 2.05) is 78.9 Å². The number of aromatic nitrogens is 6. The van der Waals surface area contributed by atoms with Gasteiger partial charge in [0.05, 0.1) is 34.0 Å². The Morgan fingerprint density at radius 1 is 0.575 bits per heavy atom. The van der Waals surface area contributed by atoms with Gasteiger partial charge in [-0.2, -0.15) is 15.0 Å². The Bertz CT molecular complexity index is 3220. The van der Waals surface area contributed by atoms with Crippen LogP contribution in [0, 0.1) is 0 Å². The number of methoxy groups -OCH3 is 2. The number of nitrogens with two attached hydrogens (primary N) is 2. The summed E-state index contributed by atoms with van der Waals surface area (Å²) in [6, 6.07) is 29.5. The lowest BCUT2D eigenvalue weighted by Crippen LogP contribution is -2.46. The molecular formula is C54H67N9O17. The van der Waals surface area contributed by atoms with Crippen LogP contribution in [0.3, 0.4) is 0 Å². The Hall–Kier alpha value is -7.18. The zero-order chi connectivity index (χ0) is 58.1. The summed E-state index contributed by atoms with van der Waals surface area (Å²) < 4.78 is 42.7. The monoisotopic (exact) mass is 1110 g/mol. The zero-order valence-electron chi connectivity index (χ0n) is 44.8. The van der Waals surface area contributed by atoms with Crippen molar-refractivity contribution in [2.75, 3.05) is 50.8 Å². The topological polar surface area (TPSA) is 375 Å². The number of nitrogens with zero attached hydrogens (tertiary/aromatic N) is 6. The third kappa shape index (κ3) is 11.2. The van der Waals surface area contributed by atoms with Crippen molar-refractivity contribution in [3.05, 3.63) is 164 Å². The molecule has 80 heavy (non-hydrogen) atoms. The standard InChI is InChI=1S/C31H33N3O7.C13H19N3O5.C10H15N3O5/c1-30(38)27(36)25(19-35)41-28(30)34-18-17-26(32-29(34)37)33-31(20-7-5-4-6-8-20,21-9-13-23(39-2)14-10-21)22-11-15-24(40-3)16-12-22;1-12(2)20-9-7(6-17)19-10(13(9,3)21-12)16-5-4-8(14)15-11(16)18;1-10(17)7(15)5(4-14)18-8(10)13-3-2-6(11)12-9(13)16/h4-18,25,27-28,35-36,38H,19H2,1-3H3,(H,32,33,37);4-5,7,9-10,17H,6H2,1-3H3,(H2,14,15,18);2-3,5,7-8,14-15,17H,4H2,1H3,(H2,11,12,16)/t25-,27?,28-,30+;7-,9?,10-,13+;5-,7?,8-,10+/m111/s1. The third-order valence-corrected chi connectivity index (χ3v) is 14.5. The molecule has 430 valence electrons. The smallest absolute Gasteiger partial charge is 0.351 e. The molecule has 4 saturated heterocycles. The van der Waals surface area contributed by atoms with Crippen molar-refractivity contribution in [1.29, 1.82) is 0 Å². The fourth-order valence-electron chi connectivity index (χ4n) is 10.5. The number of rotatable bonds is 13. The van der Waals surface area contributed by atoms with Crippen molar-refractivity contribution >= 4 is 17.5 Å². The van der Waals surface area contributed by atoms with Crippen LogP contribution in [-0.2, 0) is 29.2 Å². The maximum atomic E-state index is 13.3. The molecular weight excluding hydrogens is 1050 g/mol. The number of aliphatic hydroxyl groups is 7. The van der Waals surface area contributed by atoms with Crippen LogP contribution >= 0.6 is 0 Å². The summed E-state index contributed by atoms with van der Waals surface area (Å²) in [5, 5.41) is 72.8. The molecule has 0 saturated carbocycles. The minimum Gasteiger partial charge on any atom is -0.497 e. The first-order chi connectivity index (χ1) is 37.9. The molecule has 12 atom stereocenters. The Kier molecular flexibility index (Phi) is 17.0. The van der Waals surface area contributed by atoms with Crippen LogP contribution in [0.4, 0.5) is 17.5 Å². The van der Waals surface area contributed by atoms with Crippen LogP contribution in [0.15, 0.2) is 130 Å². The molecule has 6 aromatic rings. The summed E-state index contributed by atoms with van der Waals surface area (Å²) in [6.45, 7) is 6.83. The second-order valence-electron chi connectivity index (χ2n) is 20.5. The fourth-order valence-corrected chi connectivity index (χ4v) is 10.5. The van der Waals surface area contributed by atoms with Crippen LogP contribution in [0.1, 0.15) is 70.0 Å². The number of anilines is 3. The van der Waals surface area contributed by atoms with Crippen molar-refractivity contribution in [1.82, 2.24) is 28.7 Å².